The number of aromatic nitrogens is 4. The fraction of sp³-hybridized carbons (Fsp3) is 0.300. The van der Waals surface area contributed by atoms with Gasteiger partial charge >= 0.3 is 6.18 Å². The zero-order chi connectivity index (χ0) is 13.3. The third-order valence-electron chi connectivity index (χ3n) is 2.39. The number of hydrogen-bond acceptors (Lipinski definition) is 4. The largest absolute Gasteiger partial charge is 0.416 e. The minimum absolute atomic E-state index is 0.140. The van der Waals surface area contributed by atoms with Crippen molar-refractivity contribution in [3.8, 4) is 11.4 Å². The summed E-state index contributed by atoms with van der Waals surface area (Å²) >= 11 is 0. The van der Waals surface area contributed by atoms with E-state index in [1.807, 2.05) is 0 Å². The second-order valence-electron chi connectivity index (χ2n) is 3.62. The van der Waals surface area contributed by atoms with Crippen molar-refractivity contribution in [1.82, 2.24) is 20.0 Å². The molecular formula is C10H10F3N5. The standard InChI is InChI=1S/C10H10F3N5/c1-14-9-4-6(10(11,12)13)3-7(16-9)8-5-15-17-18(8)2/h3-5H,1-2H3,(H,14,16). The fourth-order valence-corrected chi connectivity index (χ4v) is 1.48. The van der Waals surface area contributed by atoms with Crippen LogP contribution in [0.5, 0.6) is 0 Å². The first-order chi connectivity index (χ1) is 8.41. The van der Waals surface area contributed by atoms with Gasteiger partial charge in [-0.05, 0) is 12.1 Å². The van der Waals surface area contributed by atoms with E-state index >= 15 is 0 Å². The third kappa shape index (κ3) is 2.27. The Morgan fingerprint density at radius 2 is 2.00 bits per heavy atom. The van der Waals surface area contributed by atoms with E-state index in [0.717, 1.165) is 12.1 Å². The molecular weight excluding hydrogens is 247 g/mol. The van der Waals surface area contributed by atoms with E-state index in [1.165, 1.54) is 17.9 Å². The molecule has 2 aromatic rings. The molecule has 2 heterocycles. The number of rotatable bonds is 2. The maximum Gasteiger partial charge on any atom is 0.416 e. The van der Waals surface area contributed by atoms with E-state index in [0.29, 0.717) is 5.69 Å². The number of alkyl halides is 3. The Morgan fingerprint density at radius 1 is 1.28 bits per heavy atom. The zero-order valence-corrected chi connectivity index (χ0v) is 9.65. The van der Waals surface area contributed by atoms with Crippen LogP contribution in [0.15, 0.2) is 18.3 Å². The van der Waals surface area contributed by atoms with Crippen LogP contribution in [0.3, 0.4) is 0 Å². The summed E-state index contributed by atoms with van der Waals surface area (Å²) in [7, 11) is 3.09. The van der Waals surface area contributed by atoms with Crippen molar-refractivity contribution >= 4 is 5.82 Å². The van der Waals surface area contributed by atoms with Gasteiger partial charge < -0.3 is 5.32 Å². The van der Waals surface area contributed by atoms with Gasteiger partial charge in [0.2, 0.25) is 0 Å². The minimum atomic E-state index is -4.42. The zero-order valence-electron chi connectivity index (χ0n) is 9.65. The van der Waals surface area contributed by atoms with E-state index in [2.05, 4.69) is 20.6 Å². The molecule has 0 aliphatic heterocycles. The van der Waals surface area contributed by atoms with Gasteiger partial charge in [0.05, 0.1) is 17.5 Å². The molecule has 1 N–H and O–H groups in total. The van der Waals surface area contributed by atoms with Gasteiger partial charge in [0, 0.05) is 14.1 Å². The molecule has 0 amide bonds. The van der Waals surface area contributed by atoms with Crippen molar-refractivity contribution in [1.29, 1.82) is 0 Å². The van der Waals surface area contributed by atoms with Crippen LogP contribution in [0.4, 0.5) is 19.0 Å². The van der Waals surface area contributed by atoms with Gasteiger partial charge in [-0.2, -0.15) is 13.2 Å². The molecule has 0 fully saturated rings. The highest BCUT2D eigenvalue weighted by atomic mass is 19.4. The van der Waals surface area contributed by atoms with Crippen LogP contribution >= 0.6 is 0 Å². The van der Waals surface area contributed by atoms with Gasteiger partial charge in [0.1, 0.15) is 11.5 Å². The average Bonchev–Trinajstić information content (AvgIpc) is 2.73. The summed E-state index contributed by atoms with van der Waals surface area (Å²) in [6.45, 7) is 0. The van der Waals surface area contributed by atoms with Crippen LogP contribution in [0, 0.1) is 0 Å². The normalized spacial score (nSPS) is 11.6. The topological polar surface area (TPSA) is 55.6 Å². The Balaban J connectivity index is 2.58. The molecule has 0 radical (unpaired) electrons. The quantitative estimate of drug-likeness (QED) is 0.893. The van der Waals surface area contributed by atoms with Crippen LogP contribution < -0.4 is 5.32 Å². The van der Waals surface area contributed by atoms with E-state index in [1.54, 1.807) is 7.05 Å². The highest BCUT2D eigenvalue weighted by Gasteiger charge is 2.32. The summed E-state index contributed by atoms with van der Waals surface area (Å²) < 4.78 is 39.6. The van der Waals surface area contributed by atoms with Crippen LogP contribution in [-0.2, 0) is 13.2 Å². The molecule has 0 bridgehead atoms. The Labute approximate surface area is 101 Å². The molecule has 96 valence electrons. The lowest BCUT2D eigenvalue weighted by atomic mass is 10.2. The fourth-order valence-electron chi connectivity index (χ4n) is 1.48. The van der Waals surface area contributed by atoms with Crippen molar-refractivity contribution < 1.29 is 13.2 Å². The number of anilines is 1. The van der Waals surface area contributed by atoms with Crippen molar-refractivity contribution in [3.05, 3.63) is 23.9 Å². The smallest absolute Gasteiger partial charge is 0.373 e. The first-order valence-electron chi connectivity index (χ1n) is 5.04. The molecule has 0 atom stereocenters. The number of nitrogens with zero attached hydrogens (tertiary/aromatic N) is 4. The lowest BCUT2D eigenvalue weighted by molar-refractivity contribution is -0.137. The molecule has 2 aromatic heterocycles. The molecule has 0 aromatic carbocycles. The molecule has 0 aliphatic rings. The summed E-state index contributed by atoms with van der Waals surface area (Å²) in [5, 5.41) is 9.88. The number of pyridine rings is 1. The molecule has 18 heavy (non-hydrogen) atoms. The molecule has 0 unspecified atom stereocenters. The Kier molecular flexibility index (Phi) is 2.93. The number of aryl methyl sites for hydroxylation is 1. The summed E-state index contributed by atoms with van der Waals surface area (Å²) in [5.41, 5.74) is -0.183. The monoisotopic (exact) mass is 257 g/mol. The summed E-state index contributed by atoms with van der Waals surface area (Å²) in [5.74, 6) is 0.140. The minimum Gasteiger partial charge on any atom is -0.373 e. The van der Waals surface area contributed by atoms with Gasteiger partial charge in [0.25, 0.3) is 0 Å². The van der Waals surface area contributed by atoms with Crippen LogP contribution in [0.2, 0.25) is 0 Å². The van der Waals surface area contributed by atoms with E-state index in [9.17, 15) is 13.2 Å². The lowest BCUT2D eigenvalue weighted by Crippen LogP contribution is -2.08. The second-order valence-corrected chi connectivity index (χ2v) is 3.62. The average molecular weight is 257 g/mol. The molecule has 2 rings (SSSR count). The Morgan fingerprint density at radius 3 is 2.50 bits per heavy atom. The SMILES string of the molecule is CNc1cc(C(F)(F)F)cc(-c2cnnn2C)n1. The van der Waals surface area contributed by atoms with Crippen molar-refractivity contribution in [2.75, 3.05) is 12.4 Å². The van der Waals surface area contributed by atoms with Crippen LogP contribution in [-0.4, -0.2) is 27.0 Å². The molecule has 0 saturated carbocycles. The molecule has 0 aliphatic carbocycles. The van der Waals surface area contributed by atoms with E-state index in [4.69, 9.17) is 0 Å². The van der Waals surface area contributed by atoms with Crippen LogP contribution in [0.1, 0.15) is 5.56 Å². The predicted octanol–water partition coefficient (Wildman–Crippen LogP) is 1.94. The van der Waals surface area contributed by atoms with Crippen molar-refractivity contribution in [3.63, 3.8) is 0 Å². The maximum atomic E-state index is 12.7. The number of halogens is 3. The van der Waals surface area contributed by atoms with Crippen LogP contribution in [0.25, 0.3) is 11.4 Å². The molecule has 8 heteroatoms. The molecule has 5 nitrogen and oxygen atoms in total. The van der Waals surface area contributed by atoms with Crippen molar-refractivity contribution in [2.24, 2.45) is 7.05 Å². The Bertz CT molecular complexity index is 561. The summed E-state index contributed by atoms with van der Waals surface area (Å²) in [6, 6.07) is 1.92. The van der Waals surface area contributed by atoms with E-state index in [-0.39, 0.29) is 11.5 Å². The summed E-state index contributed by atoms with van der Waals surface area (Å²) in [6.07, 6.45) is -3.06. The van der Waals surface area contributed by atoms with Gasteiger partial charge in [0.15, 0.2) is 0 Å². The molecule has 0 spiro atoms. The van der Waals surface area contributed by atoms with Gasteiger partial charge in [-0.1, -0.05) is 5.21 Å². The number of nitrogens with one attached hydrogen (secondary N) is 1. The first-order valence-corrected chi connectivity index (χ1v) is 5.04. The lowest BCUT2D eigenvalue weighted by Gasteiger charge is -2.11. The second kappa shape index (κ2) is 4.28. The predicted molar refractivity (Wildman–Crippen MR) is 58.8 cm³/mol. The van der Waals surface area contributed by atoms with Gasteiger partial charge in [-0.3, -0.25) is 0 Å². The highest BCUT2D eigenvalue weighted by Crippen LogP contribution is 2.32. The first kappa shape index (κ1) is 12.3. The number of hydrogen-bond donors (Lipinski definition) is 1. The van der Waals surface area contributed by atoms with Crippen molar-refractivity contribution in [2.45, 2.75) is 6.18 Å². The third-order valence-corrected chi connectivity index (χ3v) is 2.39. The summed E-state index contributed by atoms with van der Waals surface area (Å²) in [4.78, 5) is 4.06. The van der Waals surface area contributed by atoms with Gasteiger partial charge in [-0.25, -0.2) is 9.67 Å². The van der Waals surface area contributed by atoms with Gasteiger partial charge in [-0.15, -0.1) is 5.10 Å². The van der Waals surface area contributed by atoms with E-state index < -0.39 is 11.7 Å². The Hall–Kier alpha value is -2.12. The maximum absolute atomic E-state index is 12.7. The molecule has 0 saturated heterocycles. The highest BCUT2D eigenvalue weighted by molar-refractivity contribution is 5.58.